The summed E-state index contributed by atoms with van der Waals surface area (Å²) >= 11 is 0. The Bertz CT molecular complexity index is 114. The van der Waals surface area contributed by atoms with Crippen molar-refractivity contribution in [2.75, 3.05) is 26.8 Å². The van der Waals surface area contributed by atoms with Crippen molar-refractivity contribution >= 4 is 0 Å². The minimum absolute atomic E-state index is 0. The van der Waals surface area contributed by atoms with E-state index in [-0.39, 0.29) is 21.8 Å². The normalized spacial score (nSPS) is 10.6. The summed E-state index contributed by atoms with van der Waals surface area (Å²) in [7, 11) is 1.87. The van der Waals surface area contributed by atoms with Crippen LogP contribution in [-0.4, -0.2) is 31.6 Å². The molecule has 0 saturated carbocycles. The van der Waals surface area contributed by atoms with Gasteiger partial charge in [-0.15, -0.1) is 0 Å². The molecule has 0 radical (unpaired) electrons. The molecule has 0 unspecified atom stereocenters. The van der Waals surface area contributed by atoms with E-state index in [0.29, 0.717) is 19.8 Å². The van der Waals surface area contributed by atoms with Gasteiger partial charge in [0.1, 0.15) is 20.3 Å². The number of halogens is 1. The average molecular weight is 240 g/mol. The van der Waals surface area contributed by atoms with Crippen LogP contribution >= 0.6 is 0 Å². The van der Waals surface area contributed by atoms with E-state index < -0.39 is 0 Å². The Morgan fingerprint density at radius 3 is 1.92 bits per heavy atom. The molecule has 0 spiro atoms. The minimum Gasteiger partial charge on any atom is -1.00 e. The molecule has 3 nitrogen and oxygen atoms in total. The van der Waals surface area contributed by atoms with Gasteiger partial charge in [-0.2, -0.15) is 9.68 Å². The average Bonchev–Trinajstić information content (AvgIpc) is 1.88. The van der Waals surface area contributed by atoms with Crippen LogP contribution in [0.15, 0.2) is 12.7 Å². The van der Waals surface area contributed by atoms with Crippen molar-refractivity contribution in [3.8, 4) is 0 Å². The standard InChI is InChI=1S/C8H18NO2.BrH/c1-5-8-9(4,10-6-2)11-7-3;/h5H,1,6-8H2,2-4H3;1H/q+1;/p-1. The first-order valence-electron chi connectivity index (χ1n) is 3.94. The lowest BCUT2D eigenvalue weighted by molar-refractivity contribution is -1.23. The molecule has 0 saturated heterocycles. The van der Waals surface area contributed by atoms with Gasteiger partial charge in [0.25, 0.3) is 0 Å². The number of hydrogen-bond acceptors (Lipinski definition) is 2. The number of hydrogen-bond donors (Lipinski definition) is 0. The van der Waals surface area contributed by atoms with E-state index in [2.05, 4.69) is 6.58 Å². The Morgan fingerprint density at radius 1 is 1.25 bits per heavy atom. The molecule has 0 heterocycles. The van der Waals surface area contributed by atoms with E-state index in [0.717, 1.165) is 0 Å². The van der Waals surface area contributed by atoms with Gasteiger partial charge < -0.3 is 17.0 Å². The molecule has 74 valence electrons. The van der Waals surface area contributed by atoms with Crippen LogP contribution in [0.5, 0.6) is 0 Å². The minimum atomic E-state index is 0. The van der Waals surface area contributed by atoms with Crippen molar-refractivity contribution in [2.24, 2.45) is 0 Å². The van der Waals surface area contributed by atoms with Gasteiger partial charge in [0.05, 0.1) is 0 Å². The molecule has 0 rings (SSSR count). The van der Waals surface area contributed by atoms with Crippen LogP contribution in [0.4, 0.5) is 0 Å². The molecule has 0 aliphatic heterocycles. The molecule has 0 aromatic heterocycles. The zero-order chi connectivity index (χ0) is 8.74. The summed E-state index contributed by atoms with van der Waals surface area (Å²) in [5, 5.41) is 0. The van der Waals surface area contributed by atoms with Crippen molar-refractivity contribution in [3.63, 3.8) is 0 Å². The molecule has 0 aromatic rings. The molecule has 0 aliphatic rings. The zero-order valence-corrected chi connectivity index (χ0v) is 9.63. The summed E-state index contributed by atoms with van der Waals surface area (Å²) in [6.07, 6.45) is 1.78. The maximum absolute atomic E-state index is 5.35. The van der Waals surface area contributed by atoms with Crippen LogP contribution in [0.2, 0.25) is 0 Å². The predicted octanol–water partition coefficient (Wildman–Crippen LogP) is -1.47. The third-order valence-corrected chi connectivity index (χ3v) is 1.27. The number of hydroxylamine groups is 4. The van der Waals surface area contributed by atoms with Gasteiger partial charge in [-0.1, -0.05) is 6.58 Å². The van der Waals surface area contributed by atoms with E-state index in [9.17, 15) is 0 Å². The fourth-order valence-corrected chi connectivity index (χ4v) is 0.923. The molecule has 0 bridgehead atoms. The van der Waals surface area contributed by atoms with Crippen molar-refractivity contribution in [3.05, 3.63) is 12.7 Å². The number of rotatable bonds is 6. The van der Waals surface area contributed by atoms with Crippen molar-refractivity contribution in [1.29, 1.82) is 0 Å². The van der Waals surface area contributed by atoms with Gasteiger partial charge in [-0.3, -0.25) is 0 Å². The molecule has 12 heavy (non-hydrogen) atoms. The largest absolute Gasteiger partial charge is 1.00 e. The fraction of sp³-hybridized carbons (Fsp3) is 0.750. The van der Waals surface area contributed by atoms with Crippen LogP contribution in [-0.2, 0) is 9.68 Å². The highest BCUT2D eigenvalue weighted by Crippen LogP contribution is 2.04. The lowest BCUT2D eigenvalue weighted by Gasteiger charge is -2.26. The summed E-state index contributed by atoms with van der Waals surface area (Å²) < 4.78 is 0. The van der Waals surface area contributed by atoms with E-state index >= 15 is 0 Å². The Kier molecular flexibility index (Phi) is 9.42. The summed E-state index contributed by atoms with van der Waals surface area (Å²) in [6, 6.07) is 0. The van der Waals surface area contributed by atoms with Crippen LogP contribution in [0.3, 0.4) is 0 Å². The summed E-state index contributed by atoms with van der Waals surface area (Å²) in [4.78, 5) is 10.9. The highest BCUT2D eigenvalue weighted by Gasteiger charge is 2.21. The lowest BCUT2D eigenvalue weighted by Crippen LogP contribution is -3.00. The number of likely N-dealkylation sites (N-methyl/N-ethyl adjacent to an activating group) is 1. The Labute approximate surface area is 85.2 Å². The second-order valence-electron chi connectivity index (χ2n) is 2.32. The maximum Gasteiger partial charge on any atom is 0.160 e. The topological polar surface area (TPSA) is 18.5 Å². The SMILES string of the molecule is C=CC[N+](C)(OCC)OCC.[Br-]. The van der Waals surface area contributed by atoms with E-state index in [1.165, 1.54) is 0 Å². The highest BCUT2D eigenvalue weighted by molar-refractivity contribution is 4.62. The Hall–Kier alpha value is 0.100. The first-order valence-corrected chi connectivity index (χ1v) is 3.94. The molecule has 0 amide bonds. The van der Waals surface area contributed by atoms with Crippen LogP contribution < -0.4 is 17.0 Å². The van der Waals surface area contributed by atoms with E-state index in [4.69, 9.17) is 9.68 Å². The van der Waals surface area contributed by atoms with Crippen LogP contribution in [0.1, 0.15) is 13.8 Å². The first-order chi connectivity index (χ1) is 5.18. The molecule has 0 atom stereocenters. The molecular weight excluding hydrogens is 222 g/mol. The quantitative estimate of drug-likeness (QED) is 0.320. The van der Waals surface area contributed by atoms with Gasteiger partial charge in [0, 0.05) is 0 Å². The fourth-order valence-electron chi connectivity index (χ4n) is 0.923. The summed E-state index contributed by atoms with van der Waals surface area (Å²) in [5.41, 5.74) is 0. The van der Waals surface area contributed by atoms with Crippen molar-refractivity contribution < 1.29 is 31.5 Å². The van der Waals surface area contributed by atoms with E-state index in [1.54, 1.807) is 6.08 Å². The number of nitrogens with zero attached hydrogens (tertiary/aromatic N) is 1. The Balaban J connectivity index is 0. The molecule has 0 N–H and O–H groups in total. The lowest BCUT2D eigenvalue weighted by atomic mass is 10.6. The van der Waals surface area contributed by atoms with Gasteiger partial charge in [0.2, 0.25) is 0 Å². The third kappa shape index (κ3) is 5.71. The van der Waals surface area contributed by atoms with Crippen LogP contribution in [0, 0.1) is 0 Å². The van der Waals surface area contributed by atoms with Crippen molar-refractivity contribution in [1.82, 2.24) is 0 Å². The summed E-state index contributed by atoms with van der Waals surface area (Å²) in [6.45, 7) is 9.48. The second kappa shape index (κ2) is 7.73. The molecular formula is C8H18BrNO2. The monoisotopic (exact) mass is 239 g/mol. The smallest absolute Gasteiger partial charge is 0.160 e. The highest BCUT2D eigenvalue weighted by atomic mass is 79.9. The summed E-state index contributed by atoms with van der Waals surface area (Å²) in [5.74, 6) is 0. The predicted molar refractivity (Wildman–Crippen MR) is 44.5 cm³/mol. The Morgan fingerprint density at radius 2 is 1.67 bits per heavy atom. The van der Waals surface area contributed by atoms with Gasteiger partial charge in [0.15, 0.2) is 6.54 Å². The zero-order valence-electron chi connectivity index (χ0n) is 8.05. The van der Waals surface area contributed by atoms with E-state index in [1.807, 2.05) is 20.9 Å². The molecule has 0 fully saturated rings. The maximum atomic E-state index is 5.35. The molecule has 0 aliphatic carbocycles. The second-order valence-corrected chi connectivity index (χ2v) is 2.32. The van der Waals surface area contributed by atoms with Gasteiger partial charge in [-0.05, 0) is 24.7 Å². The first kappa shape index (κ1) is 14.6. The van der Waals surface area contributed by atoms with Crippen molar-refractivity contribution in [2.45, 2.75) is 13.8 Å². The number of quaternary nitrogens is 1. The third-order valence-electron chi connectivity index (χ3n) is 1.27. The van der Waals surface area contributed by atoms with Crippen LogP contribution in [0.25, 0.3) is 0 Å². The van der Waals surface area contributed by atoms with Gasteiger partial charge in [-0.25, -0.2) is 0 Å². The molecule has 4 heteroatoms. The van der Waals surface area contributed by atoms with Gasteiger partial charge >= 0.3 is 0 Å². The molecule has 0 aromatic carbocycles.